The van der Waals surface area contributed by atoms with Crippen molar-refractivity contribution in [3.63, 3.8) is 0 Å². The average molecular weight is 321 g/mol. The van der Waals surface area contributed by atoms with Crippen LogP contribution >= 0.6 is 0 Å². The molecule has 1 aromatic rings. The number of hydrogen-bond acceptors (Lipinski definition) is 6. The van der Waals surface area contributed by atoms with Crippen molar-refractivity contribution in [2.75, 3.05) is 44.8 Å². The lowest BCUT2D eigenvalue weighted by atomic mass is 10.0. The normalized spacial score (nSPS) is 17.0. The quantitative estimate of drug-likeness (QED) is 0.775. The number of aromatic nitrogens is 1. The van der Waals surface area contributed by atoms with E-state index in [1.807, 2.05) is 6.07 Å². The van der Waals surface area contributed by atoms with Crippen LogP contribution in [-0.4, -0.2) is 61.3 Å². The molecule has 1 aliphatic heterocycles. The third-order valence-corrected chi connectivity index (χ3v) is 4.05. The van der Waals surface area contributed by atoms with Crippen LogP contribution in [0, 0.1) is 5.92 Å². The molecule has 23 heavy (non-hydrogen) atoms. The van der Waals surface area contributed by atoms with Crippen LogP contribution < -0.4 is 5.32 Å². The maximum Gasteiger partial charge on any atom is 0.339 e. The Morgan fingerprint density at radius 1 is 1.39 bits per heavy atom. The van der Waals surface area contributed by atoms with Gasteiger partial charge in [-0.25, -0.2) is 9.78 Å². The Morgan fingerprint density at radius 3 is 2.70 bits per heavy atom. The first kappa shape index (κ1) is 17.7. The van der Waals surface area contributed by atoms with Crippen LogP contribution in [0.4, 0.5) is 5.82 Å². The second kappa shape index (κ2) is 8.84. The van der Waals surface area contributed by atoms with E-state index in [1.165, 1.54) is 0 Å². The lowest BCUT2D eigenvalue weighted by Crippen LogP contribution is -2.49. The molecule has 1 N–H and O–H groups in total. The summed E-state index contributed by atoms with van der Waals surface area (Å²) < 4.78 is 10.4. The number of morpholine rings is 1. The molecule has 1 saturated heterocycles. The maximum atomic E-state index is 11.6. The molecule has 1 atom stereocenters. The van der Waals surface area contributed by atoms with Crippen molar-refractivity contribution in [1.29, 1.82) is 0 Å². The molecule has 1 unspecified atom stereocenters. The SMILES string of the molecule is CCOC(=O)c1ccc(NCC(C(C)C)N2CCOCC2)nc1. The highest BCUT2D eigenvalue weighted by Crippen LogP contribution is 2.14. The van der Waals surface area contributed by atoms with Gasteiger partial charge in [-0.05, 0) is 25.0 Å². The molecular formula is C17H27N3O3. The van der Waals surface area contributed by atoms with Crippen LogP contribution in [-0.2, 0) is 9.47 Å². The highest BCUT2D eigenvalue weighted by atomic mass is 16.5. The summed E-state index contributed by atoms with van der Waals surface area (Å²) in [6.45, 7) is 11.0. The molecule has 1 fully saturated rings. The topological polar surface area (TPSA) is 63.7 Å². The minimum Gasteiger partial charge on any atom is -0.462 e. The summed E-state index contributed by atoms with van der Waals surface area (Å²) >= 11 is 0. The summed E-state index contributed by atoms with van der Waals surface area (Å²) in [5, 5.41) is 3.38. The third kappa shape index (κ3) is 5.18. The Balaban J connectivity index is 1.91. The Kier molecular flexibility index (Phi) is 6.80. The first-order chi connectivity index (χ1) is 11.1. The summed E-state index contributed by atoms with van der Waals surface area (Å²) in [6, 6.07) is 4.00. The summed E-state index contributed by atoms with van der Waals surface area (Å²) in [5.41, 5.74) is 0.478. The molecule has 0 aliphatic carbocycles. The van der Waals surface area contributed by atoms with E-state index in [-0.39, 0.29) is 5.97 Å². The van der Waals surface area contributed by atoms with Crippen LogP contribution in [0.1, 0.15) is 31.1 Å². The molecule has 6 nitrogen and oxygen atoms in total. The van der Waals surface area contributed by atoms with E-state index in [0.717, 1.165) is 38.7 Å². The van der Waals surface area contributed by atoms with E-state index >= 15 is 0 Å². The van der Waals surface area contributed by atoms with Crippen LogP contribution in [0.25, 0.3) is 0 Å². The predicted octanol–water partition coefficient (Wildman–Crippen LogP) is 2.03. The molecule has 0 aromatic carbocycles. The van der Waals surface area contributed by atoms with Gasteiger partial charge in [-0.1, -0.05) is 13.8 Å². The molecule has 128 valence electrons. The minimum atomic E-state index is -0.333. The number of carbonyl (C=O) groups is 1. The highest BCUT2D eigenvalue weighted by molar-refractivity contribution is 5.89. The van der Waals surface area contributed by atoms with Crippen LogP contribution in [0.15, 0.2) is 18.3 Å². The minimum absolute atomic E-state index is 0.333. The molecule has 0 spiro atoms. The van der Waals surface area contributed by atoms with Gasteiger partial charge in [0.15, 0.2) is 0 Å². The van der Waals surface area contributed by atoms with Gasteiger partial charge < -0.3 is 14.8 Å². The number of anilines is 1. The number of pyridine rings is 1. The van der Waals surface area contributed by atoms with Crippen LogP contribution in [0.5, 0.6) is 0 Å². The smallest absolute Gasteiger partial charge is 0.339 e. The number of rotatable bonds is 7. The number of hydrogen-bond donors (Lipinski definition) is 1. The van der Waals surface area contributed by atoms with Crippen molar-refractivity contribution in [3.05, 3.63) is 23.9 Å². The summed E-state index contributed by atoms with van der Waals surface area (Å²) in [4.78, 5) is 18.4. The number of nitrogens with one attached hydrogen (secondary N) is 1. The van der Waals surface area contributed by atoms with E-state index in [9.17, 15) is 4.79 Å². The molecule has 0 bridgehead atoms. The molecule has 0 saturated carbocycles. The molecule has 2 heterocycles. The molecule has 0 amide bonds. The second-order valence-electron chi connectivity index (χ2n) is 5.99. The van der Waals surface area contributed by atoms with Gasteiger partial charge in [0.1, 0.15) is 5.82 Å². The lowest BCUT2D eigenvalue weighted by Gasteiger charge is -2.37. The number of nitrogens with zero attached hydrogens (tertiary/aromatic N) is 2. The van der Waals surface area contributed by atoms with Gasteiger partial charge in [-0.15, -0.1) is 0 Å². The van der Waals surface area contributed by atoms with Crippen molar-refractivity contribution in [3.8, 4) is 0 Å². The number of ether oxygens (including phenoxy) is 2. The van der Waals surface area contributed by atoms with E-state index in [4.69, 9.17) is 9.47 Å². The highest BCUT2D eigenvalue weighted by Gasteiger charge is 2.23. The molecule has 0 radical (unpaired) electrons. The van der Waals surface area contributed by atoms with Crippen LogP contribution in [0.2, 0.25) is 0 Å². The zero-order chi connectivity index (χ0) is 16.7. The lowest BCUT2D eigenvalue weighted by molar-refractivity contribution is 0.00953. The fourth-order valence-corrected chi connectivity index (χ4v) is 2.74. The van der Waals surface area contributed by atoms with E-state index in [2.05, 4.69) is 29.0 Å². The monoisotopic (exact) mass is 321 g/mol. The largest absolute Gasteiger partial charge is 0.462 e. The van der Waals surface area contributed by atoms with Gasteiger partial charge in [0.2, 0.25) is 0 Å². The van der Waals surface area contributed by atoms with Gasteiger partial charge in [0, 0.05) is 31.9 Å². The third-order valence-electron chi connectivity index (χ3n) is 4.05. The van der Waals surface area contributed by atoms with E-state index in [1.54, 1.807) is 19.2 Å². The molecular weight excluding hydrogens is 294 g/mol. The Morgan fingerprint density at radius 2 is 2.13 bits per heavy atom. The van der Waals surface area contributed by atoms with Gasteiger partial charge in [-0.3, -0.25) is 4.90 Å². The fourth-order valence-electron chi connectivity index (χ4n) is 2.74. The van der Waals surface area contributed by atoms with Crippen molar-refractivity contribution in [2.45, 2.75) is 26.8 Å². The molecule has 6 heteroatoms. The van der Waals surface area contributed by atoms with E-state index in [0.29, 0.717) is 24.1 Å². The van der Waals surface area contributed by atoms with Gasteiger partial charge in [0.05, 0.1) is 25.4 Å². The van der Waals surface area contributed by atoms with Crippen molar-refractivity contribution in [1.82, 2.24) is 9.88 Å². The Labute approximate surface area is 138 Å². The van der Waals surface area contributed by atoms with Crippen molar-refractivity contribution in [2.24, 2.45) is 5.92 Å². The number of esters is 1. The summed E-state index contributed by atoms with van der Waals surface area (Å²) in [7, 11) is 0. The van der Waals surface area contributed by atoms with E-state index < -0.39 is 0 Å². The first-order valence-electron chi connectivity index (χ1n) is 8.30. The van der Waals surface area contributed by atoms with Gasteiger partial charge in [-0.2, -0.15) is 0 Å². The first-order valence-corrected chi connectivity index (χ1v) is 8.30. The Bertz CT molecular complexity index is 484. The van der Waals surface area contributed by atoms with Gasteiger partial charge >= 0.3 is 5.97 Å². The maximum absolute atomic E-state index is 11.6. The van der Waals surface area contributed by atoms with Crippen molar-refractivity contribution < 1.29 is 14.3 Å². The number of carbonyl (C=O) groups excluding carboxylic acids is 1. The van der Waals surface area contributed by atoms with Crippen LogP contribution in [0.3, 0.4) is 0 Å². The predicted molar refractivity (Wildman–Crippen MR) is 89.7 cm³/mol. The summed E-state index contributed by atoms with van der Waals surface area (Å²) in [6.07, 6.45) is 1.56. The average Bonchev–Trinajstić information content (AvgIpc) is 2.56. The standard InChI is InChI=1S/C17H27N3O3/c1-4-23-17(21)14-5-6-16(18-11-14)19-12-15(13(2)3)20-7-9-22-10-8-20/h5-6,11,13,15H,4,7-10,12H2,1-3H3,(H,18,19). The molecule has 2 rings (SSSR count). The fraction of sp³-hybridized carbons (Fsp3) is 0.647. The summed E-state index contributed by atoms with van der Waals surface area (Å²) in [5.74, 6) is 0.983. The molecule has 1 aliphatic rings. The molecule has 1 aromatic heterocycles. The zero-order valence-electron chi connectivity index (χ0n) is 14.2. The van der Waals surface area contributed by atoms with Gasteiger partial charge in [0.25, 0.3) is 0 Å². The Hall–Kier alpha value is -1.66. The second-order valence-corrected chi connectivity index (χ2v) is 5.99. The zero-order valence-corrected chi connectivity index (χ0v) is 14.2. The van der Waals surface area contributed by atoms with Crippen molar-refractivity contribution >= 4 is 11.8 Å².